The first kappa shape index (κ1) is 24.7. The monoisotopic (exact) mass is 522 g/mol. The summed E-state index contributed by atoms with van der Waals surface area (Å²) in [5.74, 6) is 0.521. The summed E-state index contributed by atoms with van der Waals surface area (Å²) < 4.78 is 7.17. The molecule has 2 N–H and O–H groups in total. The fourth-order valence-electron chi connectivity index (χ4n) is 3.93. The molecule has 2 amide bonds. The van der Waals surface area contributed by atoms with Gasteiger partial charge >= 0.3 is 0 Å². The summed E-state index contributed by atoms with van der Waals surface area (Å²) >= 11 is 5.12. The molecule has 8 heteroatoms. The van der Waals surface area contributed by atoms with Crippen LogP contribution in [0.25, 0.3) is 0 Å². The fourth-order valence-corrected chi connectivity index (χ4v) is 5.40. The second kappa shape index (κ2) is 13.0. The highest BCUT2D eigenvalue weighted by Gasteiger charge is 2.18. The molecule has 32 heavy (non-hydrogen) atoms. The minimum absolute atomic E-state index is 0.0575. The summed E-state index contributed by atoms with van der Waals surface area (Å²) in [7, 11) is 0. The van der Waals surface area contributed by atoms with Gasteiger partial charge in [-0.15, -0.1) is 11.3 Å². The van der Waals surface area contributed by atoms with Crippen molar-refractivity contribution in [2.75, 3.05) is 4.90 Å². The Morgan fingerprint density at radius 3 is 2.41 bits per heavy atom. The number of halogens is 1. The lowest BCUT2D eigenvalue weighted by molar-refractivity contribution is -0.129. The summed E-state index contributed by atoms with van der Waals surface area (Å²) in [5.41, 5.74) is 2.49. The highest BCUT2D eigenvalue weighted by Crippen LogP contribution is 2.29. The summed E-state index contributed by atoms with van der Waals surface area (Å²) in [6, 6.07) is 11.9. The molecule has 0 radical (unpaired) electrons. The SMILES string of the molecule is O=C(CCCCCC(=O)N(Cc1ccc(Br)s1)c1ccc(OC2CCCCC2)cc1)NO. The first-order valence-corrected chi connectivity index (χ1v) is 12.9. The molecular formula is C24H31BrN2O4S. The maximum Gasteiger partial charge on any atom is 0.243 e. The van der Waals surface area contributed by atoms with Gasteiger partial charge in [0, 0.05) is 23.4 Å². The number of hydrogen-bond donors (Lipinski definition) is 2. The Bertz CT molecular complexity index is 865. The van der Waals surface area contributed by atoms with Gasteiger partial charge in [0.15, 0.2) is 0 Å². The Morgan fingerprint density at radius 2 is 1.75 bits per heavy atom. The Morgan fingerprint density at radius 1 is 1.03 bits per heavy atom. The van der Waals surface area contributed by atoms with E-state index in [1.54, 1.807) is 16.8 Å². The number of nitrogens with zero attached hydrogens (tertiary/aromatic N) is 1. The summed E-state index contributed by atoms with van der Waals surface area (Å²) in [6.07, 6.45) is 9.04. The zero-order chi connectivity index (χ0) is 22.8. The van der Waals surface area contributed by atoms with E-state index >= 15 is 0 Å². The van der Waals surface area contributed by atoms with Crippen LogP contribution in [0.3, 0.4) is 0 Å². The average molecular weight is 523 g/mol. The number of carbonyl (C=O) groups is 2. The third-order valence-electron chi connectivity index (χ3n) is 5.67. The number of anilines is 1. The van der Waals surface area contributed by atoms with Crippen LogP contribution in [0.5, 0.6) is 5.75 Å². The zero-order valence-corrected chi connectivity index (χ0v) is 20.6. The largest absolute Gasteiger partial charge is 0.490 e. The van der Waals surface area contributed by atoms with Crippen molar-refractivity contribution >= 4 is 44.8 Å². The average Bonchev–Trinajstić information content (AvgIpc) is 3.23. The van der Waals surface area contributed by atoms with Crippen LogP contribution in [0.4, 0.5) is 5.69 Å². The molecule has 1 aromatic carbocycles. The minimum Gasteiger partial charge on any atom is -0.490 e. The third kappa shape index (κ3) is 7.90. The normalized spacial score (nSPS) is 14.2. The first-order valence-electron chi connectivity index (χ1n) is 11.3. The van der Waals surface area contributed by atoms with E-state index in [9.17, 15) is 9.59 Å². The zero-order valence-electron chi connectivity index (χ0n) is 18.2. The molecule has 1 fully saturated rings. The molecule has 0 unspecified atom stereocenters. The lowest BCUT2D eigenvalue weighted by atomic mass is 9.98. The van der Waals surface area contributed by atoms with E-state index in [2.05, 4.69) is 15.9 Å². The lowest BCUT2D eigenvalue weighted by Crippen LogP contribution is -2.29. The summed E-state index contributed by atoms with van der Waals surface area (Å²) in [5, 5.41) is 8.56. The van der Waals surface area contributed by atoms with Gasteiger partial charge in [-0.3, -0.25) is 14.8 Å². The van der Waals surface area contributed by atoms with E-state index in [0.717, 1.165) is 39.4 Å². The molecule has 1 saturated carbocycles. The molecule has 1 aromatic heterocycles. The molecule has 1 heterocycles. The van der Waals surface area contributed by atoms with Crippen LogP contribution in [0.1, 0.15) is 69.1 Å². The molecule has 0 saturated heterocycles. The number of amides is 2. The molecule has 0 spiro atoms. The molecule has 1 aliphatic rings. The van der Waals surface area contributed by atoms with Crippen molar-refractivity contribution in [3.05, 3.63) is 45.1 Å². The van der Waals surface area contributed by atoms with Crippen molar-refractivity contribution in [3.63, 3.8) is 0 Å². The van der Waals surface area contributed by atoms with E-state index in [0.29, 0.717) is 31.9 Å². The van der Waals surface area contributed by atoms with Gasteiger partial charge in [-0.1, -0.05) is 12.8 Å². The van der Waals surface area contributed by atoms with Gasteiger partial charge < -0.3 is 9.64 Å². The summed E-state index contributed by atoms with van der Waals surface area (Å²) in [6.45, 7) is 0.519. The topological polar surface area (TPSA) is 78.9 Å². The van der Waals surface area contributed by atoms with Gasteiger partial charge in [0.05, 0.1) is 16.4 Å². The number of unbranched alkanes of at least 4 members (excludes halogenated alkanes) is 2. The molecule has 1 aliphatic carbocycles. The Hall–Kier alpha value is -1.90. The smallest absolute Gasteiger partial charge is 0.243 e. The number of rotatable bonds is 11. The number of nitrogens with one attached hydrogen (secondary N) is 1. The Balaban J connectivity index is 1.61. The highest BCUT2D eigenvalue weighted by molar-refractivity contribution is 9.11. The maximum atomic E-state index is 13.1. The predicted octanol–water partition coefficient (Wildman–Crippen LogP) is 6.21. The number of thiophene rings is 1. The van der Waals surface area contributed by atoms with Crippen LogP contribution in [0.2, 0.25) is 0 Å². The first-order chi connectivity index (χ1) is 15.5. The molecule has 2 aromatic rings. The van der Waals surface area contributed by atoms with E-state index in [1.165, 1.54) is 19.3 Å². The van der Waals surface area contributed by atoms with Crippen molar-refractivity contribution in [1.29, 1.82) is 0 Å². The maximum absolute atomic E-state index is 13.1. The van der Waals surface area contributed by atoms with E-state index in [-0.39, 0.29) is 12.3 Å². The van der Waals surface area contributed by atoms with Gasteiger partial charge in [-0.2, -0.15) is 0 Å². The van der Waals surface area contributed by atoms with Crippen LogP contribution in [-0.2, 0) is 16.1 Å². The number of benzene rings is 1. The van der Waals surface area contributed by atoms with Crippen LogP contribution in [0, 0.1) is 0 Å². The number of hydrogen-bond acceptors (Lipinski definition) is 5. The molecule has 174 valence electrons. The fraction of sp³-hybridized carbons (Fsp3) is 0.500. The van der Waals surface area contributed by atoms with Gasteiger partial charge in [-0.25, -0.2) is 5.48 Å². The molecule has 0 atom stereocenters. The van der Waals surface area contributed by atoms with Gasteiger partial charge in [0.1, 0.15) is 5.75 Å². The van der Waals surface area contributed by atoms with Crippen LogP contribution >= 0.6 is 27.3 Å². The lowest BCUT2D eigenvalue weighted by Gasteiger charge is -2.25. The van der Waals surface area contributed by atoms with Crippen molar-refractivity contribution < 1.29 is 19.5 Å². The second-order valence-electron chi connectivity index (χ2n) is 8.15. The number of ether oxygens (including phenoxy) is 1. The molecule has 0 bridgehead atoms. The quantitative estimate of drug-likeness (QED) is 0.209. The molecule has 6 nitrogen and oxygen atoms in total. The number of hydroxylamine groups is 1. The third-order valence-corrected chi connectivity index (χ3v) is 7.27. The van der Waals surface area contributed by atoms with Gasteiger partial charge in [0.2, 0.25) is 11.8 Å². The van der Waals surface area contributed by atoms with Crippen molar-refractivity contribution in [1.82, 2.24) is 5.48 Å². The van der Waals surface area contributed by atoms with E-state index in [1.807, 2.05) is 41.3 Å². The van der Waals surface area contributed by atoms with Gasteiger partial charge in [-0.05, 0) is 90.9 Å². The standard InChI is InChI=1S/C24H31BrN2O4S/c25-22-16-15-21(32-22)17-27(24(29)10-6-2-5-9-23(28)26-30)18-11-13-20(14-12-18)31-19-7-3-1-4-8-19/h11-16,19,30H,1-10,17H2,(H,26,28). The molecular weight excluding hydrogens is 492 g/mol. The minimum atomic E-state index is -0.392. The second-order valence-corrected chi connectivity index (χ2v) is 10.7. The number of carbonyl (C=O) groups excluding carboxylic acids is 2. The predicted molar refractivity (Wildman–Crippen MR) is 130 cm³/mol. The van der Waals surface area contributed by atoms with Crippen molar-refractivity contribution in [2.45, 2.75) is 76.9 Å². The Labute approximate surface area is 202 Å². The van der Waals surface area contributed by atoms with Crippen LogP contribution in [0.15, 0.2) is 40.2 Å². The van der Waals surface area contributed by atoms with Gasteiger partial charge in [0.25, 0.3) is 0 Å². The van der Waals surface area contributed by atoms with Crippen LogP contribution in [-0.4, -0.2) is 23.1 Å². The van der Waals surface area contributed by atoms with E-state index < -0.39 is 5.91 Å². The highest BCUT2D eigenvalue weighted by atomic mass is 79.9. The summed E-state index contributed by atoms with van der Waals surface area (Å²) in [4.78, 5) is 27.1. The van der Waals surface area contributed by atoms with Crippen LogP contribution < -0.4 is 15.1 Å². The molecule has 3 rings (SSSR count). The Kier molecular flexibility index (Phi) is 10.0. The molecule has 0 aliphatic heterocycles. The van der Waals surface area contributed by atoms with Crippen molar-refractivity contribution in [2.24, 2.45) is 0 Å². The van der Waals surface area contributed by atoms with Crippen molar-refractivity contribution in [3.8, 4) is 5.75 Å². The van der Waals surface area contributed by atoms with E-state index in [4.69, 9.17) is 9.94 Å².